The highest BCUT2D eigenvalue weighted by atomic mass is 35.5. The highest BCUT2D eigenvalue weighted by Crippen LogP contribution is 2.27. The monoisotopic (exact) mass is 223 g/mol. The van der Waals surface area contributed by atoms with E-state index in [0.29, 0.717) is 0 Å². The summed E-state index contributed by atoms with van der Waals surface area (Å²) >= 11 is 7.64. The van der Waals surface area contributed by atoms with Gasteiger partial charge in [0.1, 0.15) is 5.01 Å². The van der Waals surface area contributed by atoms with Crippen LogP contribution in [0.1, 0.15) is 11.8 Å². The molecule has 0 atom stereocenters. The molecule has 1 aromatic carbocycles. The molecule has 3 heteroatoms. The van der Waals surface area contributed by atoms with Gasteiger partial charge in [0.25, 0.3) is 0 Å². The van der Waals surface area contributed by atoms with E-state index >= 15 is 0 Å². The van der Waals surface area contributed by atoms with Gasteiger partial charge in [-0.2, -0.15) is 0 Å². The number of aromatic nitrogens is 1. The summed E-state index contributed by atoms with van der Waals surface area (Å²) in [5.74, 6) is 0. The van der Waals surface area contributed by atoms with Gasteiger partial charge in [0.05, 0.1) is 0 Å². The average molecular weight is 224 g/mol. The van der Waals surface area contributed by atoms with Crippen LogP contribution in [0.2, 0.25) is 5.02 Å². The van der Waals surface area contributed by atoms with Crippen molar-refractivity contribution in [2.45, 2.75) is 13.3 Å². The summed E-state index contributed by atoms with van der Waals surface area (Å²) in [6.45, 7) is 2.13. The molecule has 72 valence electrons. The minimum atomic E-state index is 0.760. The quantitative estimate of drug-likeness (QED) is 0.749. The lowest BCUT2D eigenvalue weighted by molar-refractivity contribution is 1.17. The van der Waals surface area contributed by atoms with Gasteiger partial charge in [-0.05, 0) is 18.6 Å². The van der Waals surface area contributed by atoms with Crippen molar-refractivity contribution in [3.05, 3.63) is 40.4 Å². The maximum atomic E-state index is 5.91. The summed E-state index contributed by atoms with van der Waals surface area (Å²) in [6, 6.07) is 7.80. The van der Waals surface area contributed by atoms with E-state index in [-0.39, 0.29) is 0 Å². The molecule has 0 unspecified atom stereocenters. The van der Waals surface area contributed by atoms with E-state index in [9.17, 15) is 0 Å². The van der Waals surface area contributed by atoms with Crippen LogP contribution in [0.5, 0.6) is 0 Å². The number of aryl methyl sites for hydroxylation is 1. The highest BCUT2D eigenvalue weighted by Gasteiger charge is 2.03. The Morgan fingerprint density at radius 1 is 1.43 bits per heavy atom. The van der Waals surface area contributed by atoms with Crippen molar-refractivity contribution in [2.24, 2.45) is 0 Å². The van der Waals surface area contributed by atoms with Crippen molar-refractivity contribution in [1.82, 2.24) is 4.98 Å². The summed E-state index contributed by atoms with van der Waals surface area (Å²) in [4.78, 5) is 5.66. The normalized spacial score (nSPS) is 10.4. The maximum Gasteiger partial charge on any atom is 0.123 e. The van der Waals surface area contributed by atoms with Gasteiger partial charge in [-0.15, -0.1) is 11.3 Å². The van der Waals surface area contributed by atoms with Crippen molar-refractivity contribution in [1.29, 1.82) is 0 Å². The second kappa shape index (κ2) is 4.11. The van der Waals surface area contributed by atoms with Crippen LogP contribution in [0.25, 0.3) is 10.6 Å². The second-order valence-corrected chi connectivity index (χ2v) is 4.55. The number of rotatable bonds is 2. The first kappa shape index (κ1) is 9.69. The number of thiazole rings is 1. The summed E-state index contributed by atoms with van der Waals surface area (Å²) in [6.07, 6.45) is 2.97. The zero-order valence-corrected chi connectivity index (χ0v) is 9.40. The van der Waals surface area contributed by atoms with E-state index in [2.05, 4.69) is 11.9 Å². The number of hydrogen-bond donors (Lipinski definition) is 0. The first-order valence-electron chi connectivity index (χ1n) is 4.50. The van der Waals surface area contributed by atoms with Gasteiger partial charge < -0.3 is 0 Å². The van der Waals surface area contributed by atoms with Crippen LogP contribution in [0.15, 0.2) is 30.5 Å². The van der Waals surface area contributed by atoms with Crippen LogP contribution in [0, 0.1) is 0 Å². The largest absolute Gasteiger partial charge is 0.244 e. The molecule has 0 radical (unpaired) electrons. The Bertz CT molecular complexity index is 436. The summed E-state index contributed by atoms with van der Waals surface area (Å²) in [5.41, 5.74) is 1.10. The highest BCUT2D eigenvalue weighted by molar-refractivity contribution is 7.15. The minimum absolute atomic E-state index is 0.760. The molecule has 2 aromatic rings. The van der Waals surface area contributed by atoms with Crippen LogP contribution in [0.4, 0.5) is 0 Å². The summed E-state index contributed by atoms with van der Waals surface area (Å²) in [7, 11) is 0. The van der Waals surface area contributed by atoms with Gasteiger partial charge in [0.2, 0.25) is 0 Å². The molecule has 0 aliphatic carbocycles. The Labute approximate surface area is 92.4 Å². The van der Waals surface area contributed by atoms with E-state index in [0.717, 1.165) is 22.0 Å². The topological polar surface area (TPSA) is 12.9 Å². The molecule has 0 saturated carbocycles. The molecule has 0 aliphatic rings. The standard InChI is InChI=1S/C11H10ClNS/c1-2-10-7-13-11(14-10)8-4-3-5-9(12)6-8/h3-7H,2H2,1H3. The van der Waals surface area contributed by atoms with E-state index in [4.69, 9.17) is 11.6 Å². The predicted octanol–water partition coefficient (Wildman–Crippen LogP) is 4.03. The fraction of sp³-hybridized carbons (Fsp3) is 0.182. The molecule has 1 heterocycles. The van der Waals surface area contributed by atoms with Crippen molar-refractivity contribution in [2.75, 3.05) is 0 Å². The first-order chi connectivity index (χ1) is 6.79. The third-order valence-corrected chi connectivity index (χ3v) is 3.40. The molecule has 0 aliphatic heterocycles. The SMILES string of the molecule is CCc1cnc(-c2cccc(Cl)c2)s1. The maximum absolute atomic E-state index is 5.91. The van der Waals surface area contributed by atoms with Gasteiger partial charge in [0.15, 0.2) is 0 Å². The van der Waals surface area contributed by atoms with Crippen molar-refractivity contribution in [3.63, 3.8) is 0 Å². The Hall–Kier alpha value is -0.860. The van der Waals surface area contributed by atoms with E-state index < -0.39 is 0 Å². The van der Waals surface area contributed by atoms with Gasteiger partial charge in [-0.3, -0.25) is 0 Å². The molecule has 2 rings (SSSR count). The first-order valence-corrected chi connectivity index (χ1v) is 5.69. The van der Waals surface area contributed by atoms with Crippen molar-refractivity contribution >= 4 is 22.9 Å². The Balaban J connectivity index is 2.39. The van der Waals surface area contributed by atoms with E-state index in [1.807, 2.05) is 30.5 Å². The van der Waals surface area contributed by atoms with Crippen molar-refractivity contribution < 1.29 is 0 Å². The van der Waals surface area contributed by atoms with Crippen LogP contribution >= 0.6 is 22.9 Å². The van der Waals surface area contributed by atoms with Crippen LogP contribution in [-0.2, 0) is 6.42 Å². The van der Waals surface area contributed by atoms with Crippen molar-refractivity contribution in [3.8, 4) is 10.6 Å². The number of hydrogen-bond acceptors (Lipinski definition) is 2. The number of benzene rings is 1. The van der Waals surface area contributed by atoms with Gasteiger partial charge >= 0.3 is 0 Å². The molecular weight excluding hydrogens is 214 g/mol. The lowest BCUT2D eigenvalue weighted by atomic mass is 10.2. The molecule has 14 heavy (non-hydrogen) atoms. The zero-order chi connectivity index (χ0) is 9.97. The van der Waals surface area contributed by atoms with Crippen LogP contribution < -0.4 is 0 Å². The number of halogens is 1. The van der Waals surface area contributed by atoms with E-state index in [1.54, 1.807) is 11.3 Å². The average Bonchev–Trinajstić information content (AvgIpc) is 2.66. The Kier molecular flexibility index (Phi) is 2.85. The zero-order valence-electron chi connectivity index (χ0n) is 7.83. The third-order valence-electron chi connectivity index (χ3n) is 1.97. The molecule has 0 saturated heterocycles. The third kappa shape index (κ3) is 1.97. The van der Waals surface area contributed by atoms with Gasteiger partial charge in [0, 0.05) is 21.7 Å². The lowest BCUT2D eigenvalue weighted by Crippen LogP contribution is -1.73. The fourth-order valence-electron chi connectivity index (χ4n) is 1.23. The number of nitrogens with zero attached hydrogens (tertiary/aromatic N) is 1. The smallest absolute Gasteiger partial charge is 0.123 e. The molecule has 0 fully saturated rings. The van der Waals surface area contributed by atoms with Gasteiger partial charge in [-0.1, -0.05) is 30.7 Å². The predicted molar refractivity (Wildman–Crippen MR) is 61.9 cm³/mol. The minimum Gasteiger partial charge on any atom is -0.244 e. The molecular formula is C11H10ClNS. The van der Waals surface area contributed by atoms with E-state index in [1.165, 1.54) is 4.88 Å². The Morgan fingerprint density at radius 3 is 2.93 bits per heavy atom. The molecule has 0 spiro atoms. The molecule has 0 N–H and O–H groups in total. The molecule has 1 aromatic heterocycles. The lowest BCUT2D eigenvalue weighted by Gasteiger charge is -1.95. The Morgan fingerprint density at radius 2 is 2.29 bits per heavy atom. The summed E-state index contributed by atoms with van der Waals surface area (Å²) in [5, 5.41) is 1.81. The van der Waals surface area contributed by atoms with Crippen LogP contribution in [0.3, 0.4) is 0 Å². The molecule has 0 amide bonds. The van der Waals surface area contributed by atoms with Gasteiger partial charge in [-0.25, -0.2) is 4.98 Å². The molecule has 0 bridgehead atoms. The fourth-order valence-corrected chi connectivity index (χ4v) is 2.26. The van der Waals surface area contributed by atoms with Crippen LogP contribution in [-0.4, -0.2) is 4.98 Å². The summed E-state index contributed by atoms with van der Waals surface area (Å²) < 4.78 is 0. The molecule has 1 nitrogen and oxygen atoms in total. The second-order valence-electron chi connectivity index (χ2n) is 3.00.